The second-order valence-corrected chi connectivity index (χ2v) is 10.6. The smallest absolute Gasteiger partial charge is 0.417 e. The molecule has 0 bridgehead atoms. The lowest BCUT2D eigenvalue weighted by Gasteiger charge is -2.21. The highest BCUT2D eigenvalue weighted by Crippen LogP contribution is 2.32. The molecule has 0 N–H and O–H groups in total. The van der Waals surface area contributed by atoms with Gasteiger partial charge in [-0.05, 0) is 49.6 Å². The number of Topliss-reactive ketones (excluding diaryl/α,β-unsaturated/α-hetero) is 1. The first-order chi connectivity index (χ1) is 17.6. The van der Waals surface area contributed by atoms with Gasteiger partial charge >= 0.3 is 6.18 Å². The van der Waals surface area contributed by atoms with Crippen molar-refractivity contribution in [3.63, 3.8) is 0 Å². The largest absolute Gasteiger partial charge is 0.443 e. The number of halogens is 3. The summed E-state index contributed by atoms with van der Waals surface area (Å²) in [6, 6.07) is 13.2. The minimum atomic E-state index is -4.47. The highest BCUT2D eigenvalue weighted by Gasteiger charge is 2.40. The van der Waals surface area contributed by atoms with Crippen LogP contribution in [-0.4, -0.2) is 41.1 Å². The number of carbonyl (C=O) groups is 1. The Morgan fingerprint density at radius 1 is 1.08 bits per heavy atom. The minimum absolute atomic E-state index is 0.0632. The van der Waals surface area contributed by atoms with Crippen molar-refractivity contribution in [3.05, 3.63) is 78.2 Å². The van der Waals surface area contributed by atoms with E-state index in [1.165, 1.54) is 22.6 Å². The molecule has 1 atom stereocenters. The van der Waals surface area contributed by atoms with Gasteiger partial charge in [0.1, 0.15) is 5.58 Å². The summed E-state index contributed by atoms with van der Waals surface area (Å²) in [4.78, 5) is 21.2. The van der Waals surface area contributed by atoms with Gasteiger partial charge in [0.15, 0.2) is 5.78 Å². The number of aromatic nitrogens is 2. The van der Waals surface area contributed by atoms with Crippen LogP contribution in [0.5, 0.6) is 0 Å². The summed E-state index contributed by atoms with van der Waals surface area (Å²) in [7, 11) is -3.99. The summed E-state index contributed by atoms with van der Waals surface area (Å²) >= 11 is 0. The molecule has 5 rings (SSSR count). The highest BCUT2D eigenvalue weighted by molar-refractivity contribution is 7.89. The number of pyridine rings is 2. The molecule has 1 fully saturated rings. The Kier molecular flexibility index (Phi) is 6.59. The lowest BCUT2D eigenvalue weighted by molar-refractivity contribution is -0.137. The Balaban J connectivity index is 1.28. The van der Waals surface area contributed by atoms with Gasteiger partial charge in [-0.3, -0.25) is 14.8 Å². The van der Waals surface area contributed by atoms with E-state index in [0.717, 1.165) is 12.3 Å². The molecule has 0 radical (unpaired) electrons. The number of carbonyl (C=O) groups excluding carboxylic acids is 1. The van der Waals surface area contributed by atoms with Crippen LogP contribution in [0.2, 0.25) is 0 Å². The first-order valence-electron chi connectivity index (χ1n) is 11.6. The number of alkyl halides is 3. The van der Waals surface area contributed by atoms with Crippen molar-refractivity contribution >= 4 is 26.8 Å². The van der Waals surface area contributed by atoms with Gasteiger partial charge in [0.25, 0.3) is 10.0 Å². The minimum Gasteiger partial charge on any atom is -0.443 e. The van der Waals surface area contributed by atoms with Crippen molar-refractivity contribution in [1.29, 1.82) is 0 Å². The Morgan fingerprint density at radius 3 is 2.62 bits per heavy atom. The zero-order chi connectivity index (χ0) is 26.2. The molecule has 1 saturated heterocycles. The summed E-state index contributed by atoms with van der Waals surface area (Å²) in [6.07, 6.45) is -0.903. The molecule has 7 nitrogen and oxygen atoms in total. The van der Waals surface area contributed by atoms with Gasteiger partial charge in [-0.15, -0.1) is 0 Å². The van der Waals surface area contributed by atoms with Crippen molar-refractivity contribution in [2.45, 2.75) is 43.0 Å². The first kappa shape index (κ1) is 25.1. The highest BCUT2D eigenvalue weighted by atomic mass is 32.2. The number of aryl methyl sites for hydroxylation is 1. The normalized spacial score (nSPS) is 16.9. The predicted octanol–water partition coefficient (Wildman–Crippen LogP) is 5.26. The molecule has 4 heterocycles. The predicted molar refractivity (Wildman–Crippen MR) is 129 cm³/mol. The Morgan fingerprint density at radius 2 is 1.89 bits per heavy atom. The van der Waals surface area contributed by atoms with Gasteiger partial charge in [0.2, 0.25) is 5.09 Å². The third-order valence-electron chi connectivity index (χ3n) is 6.37. The van der Waals surface area contributed by atoms with Gasteiger partial charge in [0, 0.05) is 48.1 Å². The van der Waals surface area contributed by atoms with E-state index < -0.39 is 27.8 Å². The fraction of sp³-hybridized carbons (Fsp3) is 0.269. The van der Waals surface area contributed by atoms with Crippen molar-refractivity contribution in [3.8, 4) is 11.3 Å². The number of para-hydroxylation sites is 1. The van der Waals surface area contributed by atoms with Crippen LogP contribution < -0.4 is 0 Å². The molecule has 1 aliphatic heterocycles. The molecular formula is C26H22F3N3O4S. The maximum Gasteiger partial charge on any atom is 0.417 e. The summed E-state index contributed by atoms with van der Waals surface area (Å²) < 4.78 is 71.7. The van der Waals surface area contributed by atoms with E-state index in [-0.39, 0.29) is 30.3 Å². The zero-order valence-corrected chi connectivity index (χ0v) is 20.3. The molecule has 4 aromatic rings. The lowest BCUT2D eigenvalue weighted by Crippen LogP contribution is -2.40. The number of benzene rings is 1. The standard InChI is InChI=1S/C26H22F3N3O4S/c27-26(28,29)19-7-9-21(31-16-19)17-11-12-30-20(14-17)8-10-23(33)22-5-3-13-32(22)37(34,35)25-15-18-4-1-2-6-24(18)36-25/h1-2,4,6-7,9,11-12,14-16,22H,3,5,8,10,13H2. The van der Waals surface area contributed by atoms with Gasteiger partial charge in [-0.1, -0.05) is 18.2 Å². The topological polar surface area (TPSA) is 93.4 Å². The van der Waals surface area contributed by atoms with Crippen LogP contribution >= 0.6 is 0 Å². The number of nitrogens with zero attached hydrogens (tertiary/aromatic N) is 3. The van der Waals surface area contributed by atoms with Crippen molar-refractivity contribution in [1.82, 2.24) is 14.3 Å². The second-order valence-electron chi connectivity index (χ2n) is 8.81. The quantitative estimate of drug-likeness (QED) is 0.324. The molecule has 3 aromatic heterocycles. The Hall–Kier alpha value is -3.57. The number of furan rings is 1. The second kappa shape index (κ2) is 9.71. The first-order valence-corrected chi connectivity index (χ1v) is 13.1. The summed E-state index contributed by atoms with van der Waals surface area (Å²) in [5, 5.41) is 0.475. The lowest BCUT2D eigenvalue weighted by atomic mass is 10.0. The molecule has 37 heavy (non-hydrogen) atoms. The maximum absolute atomic E-state index is 13.3. The molecule has 0 saturated carbocycles. The maximum atomic E-state index is 13.3. The molecule has 1 unspecified atom stereocenters. The van der Waals surface area contributed by atoms with Crippen LogP contribution in [0.4, 0.5) is 13.2 Å². The van der Waals surface area contributed by atoms with Crippen molar-refractivity contribution in [2.75, 3.05) is 6.54 Å². The van der Waals surface area contributed by atoms with Crippen LogP contribution in [0.1, 0.15) is 30.5 Å². The fourth-order valence-electron chi connectivity index (χ4n) is 4.47. The van der Waals surface area contributed by atoms with E-state index in [4.69, 9.17) is 4.42 Å². The third kappa shape index (κ3) is 5.14. The number of fused-ring (bicyclic) bond motifs is 1. The van der Waals surface area contributed by atoms with Crippen LogP contribution in [0.3, 0.4) is 0 Å². The van der Waals surface area contributed by atoms with Gasteiger partial charge in [-0.25, -0.2) is 8.42 Å². The number of sulfonamides is 1. The van der Waals surface area contributed by atoms with E-state index in [0.29, 0.717) is 40.8 Å². The summed E-state index contributed by atoms with van der Waals surface area (Å²) in [5.74, 6) is -0.225. The molecule has 192 valence electrons. The average Bonchev–Trinajstić information content (AvgIpc) is 3.55. The van der Waals surface area contributed by atoms with Crippen LogP contribution in [-0.2, 0) is 27.4 Å². The molecule has 0 spiro atoms. The number of hydrogen-bond acceptors (Lipinski definition) is 6. The zero-order valence-electron chi connectivity index (χ0n) is 19.5. The molecule has 0 aliphatic carbocycles. The van der Waals surface area contributed by atoms with E-state index in [9.17, 15) is 26.4 Å². The molecule has 11 heteroatoms. The van der Waals surface area contributed by atoms with E-state index in [1.807, 2.05) is 0 Å². The van der Waals surface area contributed by atoms with Crippen LogP contribution in [0.25, 0.3) is 22.2 Å². The van der Waals surface area contributed by atoms with Crippen molar-refractivity contribution < 1.29 is 30.8 Å². The molecule has 0 amide bonds. The Labute approximate surface area is 211 Å². The number of hydrogen-bond donors (Lipinski definition) is 0. The van der Waals surface area contributed by atoms with Crippen LogP contribution in [0, 0.1) is 0 Å². The van der Waals surface area contributed by atoms with Crippen molar-refractivity contribution in [2.24, 2.45) is 0 Å². The monoisotopic (exact) mass is 529 g/mol. The van der Waals surface area contributed by atoms with Gasteiger partial charge in [-0.2, -0.15) is 17.5 Å². The number of ketones is 1. The van der Waals surface area contributed by atoms with E-state index in [1.54, 1.807) is 36.4 Å². The molecule has 1 aromatic carbocycles. The van der Waals surface area contributed by atoms with E-state index in [2.05, 4.69) is 9.97 Å². The SMILES string of the molecule is O=C(CCc1cc(-c2ccc(C(F)(F)F)cn2)ccn1)C1CCCN1S(=O)(=O)c1cc2ccccc2o1. The fourth-order valence-corrected chi connectivity index (χ4v) is 6.10. The summed E-state index contributed by atoms with van der Waals surface area (Å²) in [5.41, 5.74) is 1.09. The molecule has 1 aliphatic rings. The third-order valence-corrected chi connectivity index (χ3v) is 8.14. The van der Waals surface area contributed by atoms with Gasteiger partial charge in [0.05, 0.1) is 17.3 Å². The summed E-state index contributed by atoms with van der Waals surface area (Å²) in [6.45, 7) is 0.225. The molecular weight excluding hydrogens is 507 g/mol. The van der Waals surface area contributed by atoms with E-state index >= 15 is 0 Å². The van der Waals surface area contributed by atoms with Crippen LogP contribution in [0.15, 0.2) is 76.5 Å². The Bertz CT molecular complexity index is 1520. The number of rotatable bonds is 7. The average molecular weight is 530 g/mol. The van der Waals surface area contributed by atoms with Gasteiger partial charge < -0.3 is 4.42 Å².